The van der Waals surface area contributed by atoms with Gasteiger partial charge in [0.15, 0.2) is 0 Å². The van der Waals surface area contributed by atoms with Gasteiger partial charge in [0.05, 0.1) is 6.54 Å². The number of rotatable bonds is 1. The van der Waals surface area contributed by atoms with Gasteiger partial charge in [0.25, 0.3) is 0 Å². The second-order valence-corrected chi connectivity index (χ2v) is 5.10. The molecule has 2 aliphatic rings. The van der Waals surface area contributed by atoms with Gasteiger partial charge >= 0.3 is 24.0 Å². The molecule has 1 fully saturated rings. The summed E-state index contributed by atoms with van der Waals surface area (Å²) in [4.78, 5) is 22.8. The first-order valence-corrected chi connectivity index (χ1v) is 6.54. The molecule has 0 aromatic carbocycles. The van der Waals surface area contributed by atoms with Gasteiger partial charge in [-0.05, 0) is 18.0 Å². The van der Waals surface area contributed by atoms with Crippen LogP contribution in [0.2, 0.25) is 0 Å². The number of nitro groups is 1. The number of carbonyl (C=O) groups is 1. The number of imidazole rings is 1. The van der Waals surface area contributed by atoms with Gasteiger partial charge in [-0.1, -0.05) is 0 Å². The Hall–Kier alpha value is -2.37. The lowest BCUT2D eigenvalue weighted by Gasteiger charge is -2.31. The maximum atomic E-state index is 10.6. The summed E-state index contributed by atoms with van der Waals surface area (Å²) in [7, 11) is 0. The van der Waals surface area contributed by atoms with Crippen molar-refractivity contribution in [2.75, 3.05) is 13.1 Å². The van der Waals surface area contributed by atoms with Crippen LogP contribution in [0.15, 0.2) is 6.20 Å². The molecule has 23 heavy (non-hydrogen) atoms. The number of aliphatic carboxylic acids is 1. The zero-order chi connectivity index (χ0) is 17.3. The zero-order valence-corrected chi connectivity index (χ0v) is 11.7. The first-order chi connectivity index (χ1) is 10.6. The minimum Gasteiger partial charge on any atom is -0.475 e. The summed E-state index contributed by atoms with van der Waals surface area (Å²) in [5.41, 5.74) is -0.192. The van der Waals surface area contributed by atoms with Gasteiger partial charge in [0.1, 0.15) is 11.8 Å². The molecule has 12 heteroatoms. The van der Waals surface area contributed by atoms with E-state index in [9.17, 15) is 23.3 Å². The number of carboxylic acid groups (broad SMARTS) is 1. The van der Waals surface area contributed by atoms with E-state index in [1.807, 2.05) is 0 Å². The van der Waals surface area contributed by atoms with Crippen molar-refractivity contribution < 1.29 is 32.7 Å². The maximum Gasteiger partial charge on any atom is 0.490 e. The molecule has 3 heterocycles. The Labute approximate surface area is 127 Å². The third kappa shape index (κ3) is 3.88. The van der Waals surface area contributed by atoms with E-state index in [2.05, 4.69) is 10.3 Å². The molecule has 2 aliphatic heterocycles. The highest BCUT2D eigenvalue weighted by molar-refractivity contribution is 5.73. The Kier molecular flexibility index (Phi) is 4.45. The van der Waals surface area contributed by atoms with Gasteiger partial charge < -0.3 is 25.3 Å². The van der Waals surface area contributed by atoms with E-state index in [-0.39, 0.29) is 11.4 Å². The lowest BCUT2D eigenvalue weighted by Crippen LogP contribution is -2.45. The van der Waals surface area contributed by atoms with Crippen LogP contribution in [0.25, 0.3) is 0 Å². The summed E-state index contributed by atoms with van der Waals surface area (Å²) in [6.07, 6.45) is -1.79. The van der Waals surface area contributed by atoms with Crippen LogP contribution in [0.5, 0.6) is 6.01 Å². The van der Waals surface area contributed by atoms with Crippen molar-refractivity contribution in [2.24, 2.45) is 0 Å². The molecule has 1 saturated heterocycles. The summed E-state index contributed by atoms with van der Waals surface area (Å²) in [6, 6.07) is 0.383. The average Bonchev–Trinajstić information content (AvgIpc) is 2.95. The fraction of sp³-hybridized carbons (Fsp3) is 0.636. The van der Waals surface area contributed by atoms with Gasteiger partial charge in [-0.2, -0.15) is 13.2 Å². The summed E-state index contributed by atoms with van der Waals surface area (Å²) in [5.74, 6) is -2.90. The summed E-state index contributed by atoms with van der Waals surface area (Å²) >= 11 is 0. The van der Waals surface area contributed by atoms with Crippen molar-refractivity contribution in [3.63, 3.8) is 0 Å². The SMILES string of the molecule is O=C(O)C(F)(F)F.O=[N+]([O-])c1cn2c(n1)OC1(CCNCC1)C2. The normalized spacial score (nSPS) is 18.6. The van der Waals surface area contributed by atoms with E-state index >= 15 is 0 Å². The van der Waals surface area contributed by atoms with Crippen LogP contribution in [0, 0.1) is 10.1 Å². The third-order valence-corrected chi connectivity index (χ3v) is 3.44. The fourth-order valence-electron chi connectivity index (χ4n) is 2.35. The molecule has 128 valence electrons. The molecule has 0 bridgehead atoms. The number of aromatic nitrogens is 2. The van der Waals surface area contributed by atoms with Crippen molar-refractivity contribution in [3.05, 3.63) is 16.3 Å². The van der Waals surface area contributed by atoms with E-state index in [0.717, 1.165) is 25.9 Å². The van der Waals surface area contributed by atoms with Gasteiger partial charge in [0, 0.05) is 17.8 Å². The van der Waals surface area contributed by atoms with Crippen molar-refractivity contribution >= 4 is 11.8 Å². The predicted molar refractivity (Wildman–Crippen MR) is 68.0 cm³/mol. The first kappa shape index (κ1) is 17.0. The van der Waals surface area contributed by atoms with Gasteiger partial charge in [-0.25, -0.2) is 4.79 Å². The van der Waals surface area contributed by atoms with Crippen LogP contribution in [0.3, 0.4) is 0 Å². The third-order valence-electron chi connectivity index (χ3n) is 3.44. The Bertz CT molecular complexity index is 584. The number of hydrogen-bond acceptors (Lipinski definition) is 6. The number of halogens is 3. The number of nitrogens with zero attached hydrogens (tertiary/aromatic N) is 3. The molecule has 0 radical (unpaired) electrons. The van der Waals surface area contributed by atoms with Gasteiger partial charge in [0.2, 0.25) is 0 Å². The van der Waals surface area contributed by atoms with E-state index in [4.69, 9.17) is 14.6 Å². The molecule has 1 spiro atoms. The number of fused-ring (bicyclic) bond motifs is 1. The van der Waals surface area contributed by atoms with E-state index in [1.165, 1.54) is 6.20 Å². The minimum absolute atomic E-state index is 0.140. The van der Waals surface area contributed by atoms with Crippen LogP contribution >= 0.6 is 0 Å². The van der Waals surface area contributed by atoms with Crippen molar-refractivity contribution in [1.82, 2.24) is 14.9 Å². The molecule has 1 aromatic heterocycles. The molecule has 3 rings (SSSR count). The summed E-state index contributed by atoms with van der Waals surface area (Å²) < 4.78 is 39.2. The Morgan fingerprint density at radius 1 is 1.48 bits per heavy atom. The largest absolute Gasteiger partial charge is 0.490 e. The van der Waals surface area contributed by atoms with E-state index in [0.29, 0.717) is 12.6 Å². The number of alkyl halides is 3. The monoisotopic (exact) mass is 338 g/mol. The Balaban J connectivity index is 0.000000236. The highest BCUT2D eigenvalue weighted by Crippen LogP contribution is 2.35. The Morgan fingerprint density at radius 2 is 2.04 bits per heavy atom. The van der Waals surface area contributed by atoms with Gasteiger partial charge in [-0.3, -0.25) is 4.57 Å². The highest BCUT2D eigenvalue weighted by atomic mass is 19.4. The standard InChI is InChI=1S/C9H12N4O3.C2HF3O2/c14-13(15)7-5-12-6-9(16-8(12)11-7)1-3-10-4-2-9;3-2(4,5)1(6)7/h5,10H,1-4,6H2;(H,6,7). The molecule has 0 aliphatic carbocycles. The fourth-order valence-corrected chi connectivity index (χ4v) is 2.35. The van der Waals surface area contributed by atoms with Crippen LogP contribution in [0.1, 0.15) is 12.8 Å². The smallest absolute Gasteiger partial charge is 0.475 e. The number of piperidine rings is 1. The molecule has 0 atom stereocenters. The highest BCUT2D eigenvalue weighted by Gasteiger charge is 2.44. The zero-order valence-electron chi connectivity index (χ0n) is 11.7. The van der Waals surface area contributed by atoms with E-state index < -0.39 is 17.1 Å². The molecule has 0 amide bonds. The summed E-state index contributed by atoms with van der Waals surface area (Å²) in [5, 5.41) is 20.9. The van der Waals surface area contributed by atoms with Crippen LogP contribution < -0.4 is 10.1 Å². The molecule has 9 nitrogen and oxygen atoms in total. The second kappa shape index (κ2) is 6.02. The lowest BCUT2D eigenvalue weighted by atomic mass is 9.93. The molecular formula is C11H13F3N4O5. The van der Waals surface area contributed by atoms with Crippen molar-refractivity contribution in [1.29, 1.82) is 0 Å². The summed E-state index contributed by atoms with van der Waals surface area (Å²) in [6.45, 7) is 2.52. The number of carboxylic acids is 1. The number of nitrogens with one attached hydrogen (secondary N) is 1. The van der Waals surface area contributed by atoms with Crippen molar-refractivity contribution in [3.8, 4) is 6.01 Å². The number of hydrogen-bond donors (Lipinski definition) is 2. The quantitative estimate of drug-likeness (QED) is 0.577. The Morgan fingerprint density at radius 3 is 2.48 bits per heavy atom. The molecule has 2 N–H and O–H groups in total. The maximum absolute atomic E-state index is 10.6. The van der Waals surface area contributed by atoms with Crippen LogP contribution in [0.4, 0.5) is 19.0 Å². The topological polar surface area (TPSA) is 120 Å². The molecular weight excluding hydrogens is 325 g/mol. The van der Waals surface area contributed by atoms with Crippen LogP contribution in [-0.4, -0.2) is 50.4 Å². The second-order valence-electron chi connectivity index (χ2n) is 5.10. The predicted octanol–water partition coefficient (Wildman–Crippen LogP) is 0.939. The number of ether oxygens (including phenoxy) is 1. The lowest BCUT2D eigenvalue weighted by molar-refractivity contribution is -0.389. The molecule has 1 aromatic rings. The minimum atomic E-state index is -5.08. The molecule has 0 unspecified atom stereocenters. The van der Waals surface area contributed by atoms with Crippen molar-refractivity contribution in [2.45, 2.75) is 31.2 Å². The van der Waals surface area contributed by atoms with Crippen LogP contribution in [-0.2, 0) is 11.3 Å². The molecule has 0 saturated carbocycles. The van der Waals surface area contributed by atoms with E-state index in [1.54, 1.807) is 4.57 Å². The van der Waals surface area contributed by atoms with Gasteiger partial charge in [-0.15, -0.1) is 0 Å². The first-order valence-electron chi connectivity index (χ1n) is 6.54. The average molecular weight is 338 g/mol.